The third-order valence-electron chi connectivity index (χ3n) is 2.51. The first-order valence-electron chi connectivity index (χ1n) is 6.49. The Kier molecular flexibility index (Phi) is 7.56. The van der Waals surface area contributed by atoms with Gasteiger partial charge in [0, 0.05) is 17.1 Å². The Morgan fingerprint density at radius 2 is 2.30 bits per heavy atom. The van der Waals surface area contributed by atoms with Gasteiger partial charge in [0.1, 0.15) is 5.75 Å². The Balaban J connectivity index is 2.59. The van der Waals surface area contributed by atoms with Crippen molar-refractivity contribution in [1.29, 1.82) is 0 Å². The standard InChI is InChI=1S/C15H19ClN2O2/c1-3-7-17-10-12-9-13(16)5-6-14(12)20-11-15(19)18-8-4-2/h2,5-6,9,17H,3,7-8,10-11H2,1H3,(H,18,19). The fourth-order valence-electron chi connectivity index (χ4n) is 1.57. The zero-order chi connectivity index (χ0) is 14.8. The lowest BCUT2D eigenvalue weighted by Crippen LogP contribution is -2.29. The number of hydrogen-bond donors (Lipinski definition) is 2. The minimum atomic E-state index is -0.245. The molecule has 0 saturated carbocycles. The van der Waals surface area contributed by atoms with Gasteiger partial charge in [-0.15, -0.1) is 6.42 Å². The summed E-state index contributed by atoms with van der Waals surface area (Å²) < 4.78 is 5.50. The van der Waals surface area contributed by atoms with E-state index in [0.717, 1.165) is 18.5 Å². The molecule has 0 aromatic heterocycles. The lowest BCUT2D eigenvalue weighted by atomic mass is 10.2. The topological polar surface area (TPSA) is 50.4 Å². The molecule has 1 rings (SSSR count). The van der Waals surface area contributed by atoms with Crippen LogP contribution in [0.1, 0.15) is 18.9 Å². The second kappa shape index (κ2) is 9.24. The maximum absolute atomic E-state index is 11.4. The number of terminal acetylenes is 1. The predicted molar refractivity (Wildman–Crippen MR) is 80.8 cm³/mol. The SMILES string of the molecule is C#CCNC(=O)COc1ccc(Cl)cc1CNCCC. The summed E-state index contributed by atoms with van der Waals surface area (Å²) in [5.74, 6) is 2.74. The van der Waals surface area contributed by atoms with E-state index in [2.05, 4.69) is 23.5 Å². The average molecular weight is 295 g/mol. The van der Waals surface area contributed by atoms with Gasteiger partial charge in [0.2, 0.25) is 0 Å². The van der Waals surface area contributed by atoms with E-state index in [9.17, 15) is 4.79 Å². The van der Waals surface area contributed by atoms with Crippen LogP contribution in [-0.4, -0.2) is 25.6 Å². The van der Waals surface area contributed by atoms with Gasteiger partial charge in [-0.05, 0) is 31.2 Å². The van der Waals surface area contributed by atoms with Crippen LogP contribution in [0.4, 0.5) is 0 Å². The zero-order valence-corrected chi connectivity index (χ0v) is 12.3. The highest BCUT2D eigenvalue weighted by atomic mass is 35.5. The van der Waals surface area contributed by atoms with Crippen LogP contribution in [0.2, 0.25) is 5.02 Å². The molecule has 0 bridgehead atoms. The molecule has 20 heavy (non-hydrogen) atoms. The second-order valence-electron chi connectivity index (χ2n) is 4.20. The number of carbonyl (C=O) groups is 1. The minimum absolute atomic E-state index is 0.0654. The molecular weight excluding hydrogens is 276 g/mol. The molecule has 4 nitrogen and oxygen atoms in total. The summed E-state index contributed by atoms with van der Waals surface area (Å²) in [6, 6.07) is 5.33. The summed E-state index contributed by atoms with van der Waals surface area (Å²) in [5, 5.41) is 6.46. The maximum Gasteiger partial charge on any atom is 0.258 e. The molecule has 5 heteroatoms. The van der Waals surface area contributed by atoms with Crippen LogP contribution < -0.4 is 15.4 Å². The molecule has 0 radical (unpaired) electrons. The quantitative estimate of drug-likeness (QED) is 0.569. The highest BCUT2D eigenvalue weighted by Gasteiger charge is 2.07. The van der Waals surface area contributed by atoms with Crippen LogP contribution in [0.15, 0.2) is 18.2 Å². The van der Waals surface area contributed by atoms with Gasteiger partial charge in [-0.1, -0.05) is 24.4 Å². The third-order valence-corrected chi connectivity index (χ3v) is 2.75. The summed E-state index contributed by atoms with van der Waals surface area (Å²) in [4.78, 5) is 11.4. The van der Waals surface area contributed by atoms with Gasteiger partial charge < -0.3 is 15.4 Å². The molecule has 0 atom stereocenters. The number of hydrogen-bond acceptors (Lipinski definition) is 3. The van der Waals surface area contributed by atoms with Gasteiger partial charge in [0.05, 0.1) is 6.54 Å². The van der Waals surface area contributed by atoms with Crippen molar-refractivity contribution in [2.75, 3.05) is 19.7 Å². The molecule has 0 aliphatic carbocycles. The average Bonchev–Trinajstić information content (AvgIpc) is 2.44. The van der Waals surface area contributed by atoms with Crippen LogP contribution in [0, 0.1) is 12.3 Å². The van der Waals surface area contributed by atoms with Crippen molar-refractivity contribution in [3.8, 4) is 18.1 Å². The molecule has 2 N–H and O–H groups in total. The number of halogens is 1. The maximum atomic E-state index is 11.4. The minimum Gasteiger partial charge on any atom is -0.483 e. The van der Waals surface area contributed by atoms with Gasteiger partial charge in [0.25, 0.3) is 5.91 Å². The van der Waals surface area contributed by atoms with E-state index in [1.807, 2.05) is 6.07 Å². The van der Waals surface area contributed by atoms with Crippen LogP contribution in [-0.2, 0) is 11.3 Å². The molecule has 108 valence electrons. The van der Waals surface area contributed by atoms with Crippen LogP contribution >= 0.6 is 11.6 Å². The fraction of sp³-hybridized carbons (Fsp3) is 0.400. The molecule has 0 fully saturated rings. The Hall–Kier alpha value is -1.70. The first kappa shape index (κ1) is 16.4. The number of ether oxygens (including phenoxy) is 1. The first-order valence-corrected chi connectivity index (χ1v) is 6.87. The van der Waals surface area contributed by atoms with E-state index in [1.54, 1.807) is 12.1 Å². The highest BCUT2D eigenvalue weighted by molar-refractivity contribution is 6.30. The van der Waals surface area contributed by atoms with Crippen molar-refractivity contribution in [3.05, 3.63) is 28.8 Å². The molecule has 0 heterocycles. The van der Waals surface area contributed by atoms with E-state index in [-0.39, 0.29) is 19.1 Å². The summed E-state index contributed by atoms with van der Waals surface area (Å²) >= 11 is 5.98. The normalized spacial score (nSPS) is 9.85. The Labute approximate surface area is 124 Å². The van der Waals surface area contributed by atoms with Crippen molar-refractivity contribution < 1.29 is 9.53 Å². The molecule has 1 aromatic rings. The first-order chi connectivity index (χ1) is 9.67. The summed E-state index contributed by atoms with van der Waals surface area (Å²) in [5.41, 5.74) is 0.927. The largest absolute Gasteiger partial charge is 0.483 e. The lowest BCUT2D eigenvalue weighted by Gasteiger charge is -2.12. The zero-order valence-electron chi connectivity index (χ0n) is 11.5. The van der Waals surface area contributed by atoms with Crippen molar-refractivity contribution in [1.82, 2.24) is 10.6 Å². The number of benzene rings is 1. The molecular formula is C15H19ClN2O2. The molecule has 0 aliphatic heterocycles. The van der Waals surface area contributed by atoms with Gasteiger partial charge in [0.15, 0.2) is 6.61 Å². The number of carbonyl (C=O) groups excluding carboxylic acids is 1. The van der Waals surface area contributed by atoms with E-state index in [1.165, 1.54) is 0 Å². The second-order valence-corrected chi connectivity index (χ2v) is 4.63. The van der Waals surface area contributed by atoms with Crippen LogP contribution in [0.25, 0.3) is 0 Å². The molecule has 0 spiro atoms. The van der Waals surface area contributed by atoms with E-state index in [4.69, 9.17) is 22.8 Å². The monoisotopic (exact) mass is 294 g/mol. The number of rotatable bonds is 8. The van der Waals surface area contributed by atoms with Gasteiger partial charge in [-0.2, -0.15) is 0 Å². The number of nitrogens with one attached hydrogen (secondary N) is 2. The summed E-state index contributed by atoms with van der Waals surface area (Å²) in [6.45, 7) is 3.79. The lowest BCUT2D eigenvalue weighted by molar-refractivity contribution is -0.122. The van der Waals surface area contributed by atoms with Crippen molar-refractivity contribution in [3.63, 3.8) is 0 Å². The summed E-state index contributed by atoms with van der Waals surface area (Å²) in [7, 11) is 0. The molecule has 0 unspecified atom stereocenters. The van der Waals surface area contributed by atoms with E-state index >= 15 is 0 Å². The smallest absolute Gasteiger partial charge is 0.258 e. The third kappa shape index (κ3) is 5.96. The van der Waals surface area contributed by atoms with Gasteiger partial charge in [-0.3, -0.25) is 4.79 Å². The Morgan fingerprint density at radius 3 is 3.00 bits per heavy atom. The van der Waals surface area contributed by atoms with Crippen LogP contribution in [0.5, 0.6) is 5.75 Å². The van der Waals surface area contributed by atoms with Gasteiger partial charge >= 0.3 is 0 Å². The predicted octanol–water partition coefficient (Wildman–Crippen LogP) is 1.97. The molecule has 1 aromatic carbocycles. The molecule has 0 saturated heterocycles. The van der Waals surface area contributed by atoms with Gasteiger partial charge in [-0.25, -0.2) is 0 Å². The van der Waals surface area contributed by atoms with Crippen molar-refractivity contribution >= 4 is 17.5 Å². The molecule has 1 amide bonds. The summed E-state index contributed by atoms with van der Waals surface area (Å²) in [6.07, 6.45) is 6.11. The Morgan fingerprint density at radius 1 is 1.50 bits per heavy atom. The van der Waals surface area contributed by atoms with E-state index in [0.29, 0.717) is 17.3 Å². The van der Waals surface area contributed by atoms with Crippen molar-refractivity contribution in [2.24, 2.45) is 0 Å². The Bertz CT molecular complexity index is 483. The highest BCUT2D eigenvalue weighted by Crippen LogP contribution is 2.22. The fourth-order valence-corrected chi connectivity index (χ4v) is 1.77. The van der Waals surface area contributed by atoms with Crippen LogP contribution in [0.3, 0.4) is 0 Å². The number of amides is 1. The van der Waals surface area contributed by atoms with Crippen molar-refractivity contribution in [2.45, 2.75) is 19.9 Å². The van der Waals surface area contributed by atoms with E-state index < -0.39 is 0 Å². The molecule has 0 aliphatic rings.